The molecule has 1 heterocycles. The van der Waals surface area contributed by atoms with Crippen molar-refractivity contribution in [2.24, 2.45) is 5.92 Å². The first-order valence-electron chi connectivity index (χ1n) is 7.10. The normalized spacial score (nSPS) is 22.4. The second-order valence-corrected chi connectivity index (χ2v) is 6.17. The third kappa shape index (κ3) is 2.73. The highest BCUT2D eigenvalue weighted by Crippen LogP contribution is 2.48. The van der Waals surface area contributed by atoms with Crippen LogP contribution < -0.4 is 5.32 Å². The minimum atomic E-state index is 0.333. The highest BCUT2D eigenvalue weighted by molar-refractivity contribution is 6.30. The topological polar surface area (TPSA) is 35.5 Å². The van der Waals surface area contributed by atoms with Gasteiger partial charge in [-0.2, -0.15) is 0 Å². The van der Waals surface area contributed by atoms with Crippen LogP contribution in [-0.4, -0.2) is 36.2 Å². The van der Waals surface area contributed by atoms with Crippen LogP contribution in [0.5, 0.6) is 5.75 Å². The fourth-order valence-corrected chi connectivity index (χ4v) is 3.39. The molecule has 1 aromatic rings. The maximum atomic E-state index is 10.4. The fraction of sp³-hybridized carbons (Fsp3) is 0.600. The van der Waals surface area contributed by atoms with E-state index in [0.717, 1.165) is 42.3 Å². The van der Waals surface area contributed by atoms with E-state index in [9.17, 15) is 5.11 Å². The van der Waals surface area contributed by atoms with Gasteiger partial charge in [-0.3, -0.25) is 4.90 Å². The molecule has 1 saturated carbocycles. The molecule has 1 aliphatic heterocycles. The Balaban J connectivity index is 1.95. The Hall–Kier alpha value is -0.770. The van der Waals surface area contributed by atoms with Crippen LogP contribution in [0.1, 0.15) is 30.0 Å². The van der Waals surface area contributed by atoms with Gasteiger partial charge in [0.15, 0.2) is 0 Å². The molecule has 0 amide bonds. The molecule has 2 fully saturated rings. The molecule has 2 N–H and O–H groups in total. The smallest absolute Gasteiger partial charge is 0.123 e. The van der Waals surface area contributed by atoms with Crippen LogP contribution in [0.25, 0.3) is 0 Å². The summed E-state index contributed by atoms with van der Waals surface area (Å²) in [7, 11) is 0. The number of nitrogens with one attached hydrogen (secondary N) is 1. The number of hydrogen-bond acceptors (Lipinski definition) is 3. The predicted molar refractivity (Wildman–Crippen MR) is 77.8 cm³/mol. The molecule has 0 aromatic heterocycles. The molecule has 0 bridgehead atoms. The third-order valence-electron chi connectivity index (χ3n) is 4.23. The van der Waals surface area contributed by atoms with Crippen molar-refractivity contribution in [3.05, 3.63) is 28.3 Å². The SMILES string of the molecule is Cc1cc(Cl)cc([C@H](C2CC2)N2CCNCC2)c1O. The summed E-state index contributed by atoms with van der Waals surface area (Å²) in [5, 5.41) is 14.5. The molecule has 0 radical (unpaired) electrons. The molecule has 1 aliphatic carbocycles. The van der Waals surface area contributed by atoms with Gasteiger partial charge in [-0.1, -0.05) is 11.6 Å². The molecule has 2 aliphatic rings. The van der Waals surface area contributed by atoms with Crippen LogP contribution in [-0.2, 0) is 0 Å². The van der Waals surface area contributed by atoms with Crippen molar-refractivity contribution in [3.8, 4) is 5.75 Å². The maximum absolute atomic E-state index is 10.4. The zero-order valence-electron chi connectivity index (χ0n) is 11.3. The van der Waals surface area contributed by atoms with Crippen LogP contribution in [0, 0.1) is 12.8 Å². The number of phenolic OH excluding ortho intramolecular Hbond substituents is 1. The number of benzene rings is 1. The number of halogens is 1. The van der Waals surface area contributed by atoms with Crippen LogP contribution in [0.15, 0.2) is 12.1 Å². The molecule has 19 heavy (non-hydrogen) atoms. The number of rotatable bonds is 3. The highest BCUT2D eigenvalue weighted by Gasteiger charge is 2.38. The molecule has 104 valence electrons. The van der Waals surface area contributed by atoms with E-state index in [1.807, 2.05) is 19.1 Å². The molecular formula is C15H21ClN2O. The third-order valence-corrected chi connectivity index (χ3v) is 4.45. The van der Waals surface area contributed by atoms with Gasteiger partial charge in [-0.05, 0) is 43.4 Å². The van der Waals surface area contributed by atoms with Gasteiger partial charge in [0.2, 0.25) is 0 Å². The lowest BCUT2D eigenvalue weighted by molar-refractivity contribution is 0.153. The van der Waals surface area contributed by atoms with E-state index in [1.165, 1.54) is 12.8 Å². The molecule has 3 rings (SSSR count). The lowest BCUT2D eigenvalue weighted by Gasteiger charge is -2.36. The van der Waals surface area contributed by atoms with Crippen molar-refractivity contribution in [1.82, 2.24) is 10.2 Å². The lowest BCUT2D eigenvalue weighted by atomic mass is 9.96. The van der Waals surface area contributed by atoms with E-state index in [2.05, 4.69) is 10.2 Å². The summed E-state index contributed by atoms with van der Waals surface area (Å²) in [6.45, 7) is 6.08. The predicted octanol–water partition coefficient (Wildman–Crippen LogP) is 2.71. The summed E-state index contributed by atoms with van der Waals surface area (Å²) < 4.78 is 0. The second-order valence-electron chi connectivity index (χ2n) is 5.73. The van der Waals surface area contributed by atoms with Gasteiger partial charge < -0.3 is 10.4 Å². The van der Waals surface area contributed by atoms with Crippen molar-refractivity contribution >= 4 is 11.6 Å². The number of phenols is 1. The average Bonchev–Trinajstić information content (AvgIpc) is 3.21. The Morgan fingerprint density at radius 2 is 2.00 bits per heavy atom. The Kier molecular flexibility index (Phi) is 3.70. The van der Waals surface area contributed by atoms with E-state index in [1.54, 1.807) is 0 Å². The Labute approximate surface area is 119 Å². The maximum Gasteiger partial charge on any atom is 0.123 e. The quantitative estimate of drug-likeness (QED) is 0.894. The lowest BCUT2D eigenvalue weighted by Crippen LogP contribution is -2.45. The molecule has 1 saturated heterocycles. The number of aromatic hydroxyl groups is 1. The van der Waals surface area contributed by atoms with E-state index in [0.29, 0.717) is 17.7 Å². The van der Waals surface area contributed by atoms with Crippen LogP contribution in [0.2, 0.25) is 5.02 Å². The summed E-state index contributed by atoms with van der Waals surface area (Å²) in [5.74, 6) is 1.11. The average molecular weight is 281 g/mol. The standard InChI is InChI=1S/C15H21ClN2O/c1-10-8-12(16)9-13(15(10)19)14(11-2-3-11)18-6-4-17-5-7-18/h8-9,11,14,17,19H,2-7H2,1H3/t14-/m0/s1. The van der Waals surface area contributed by atoms with Gasteiger partial charge in [0, 0.05) is 42.8 Å². The van der Waals surface area contributed by atoms with E-state index < -0.39 is 0 Å². The zero-order chi connectivity index (χ0) is 13.4. The Morgan fingerprint density at radius 1 is 1.32 bits per heavy atom. The van der Waals surface area contributed by atoms with E-state index >= 15 is 0 Å². The number of hydrogen-bond donors (Lipinski definition) is 2. The van der Waals surface area contributed by atoms with Gasteiger partial charge in [0.05, 0.1) is 0 Å². The first-order chi connectivity index (χ1) is 9.16. The van der Waals surface area contributed by atoms with Crippen molar-refractivity contribution in [3.63, 3.8) is 0 Å². The van der Waals surface area contributed by atoms with Gasteiger partial charge in [0.25, 0.3) is 0 Å². The number of nitrogens with zero attached hydrogens (tertiary/aromatic N) is 1. The second kappa shape index (κ2) is 5.31. The van der Waals surface area contributed by atoms with Gasteiger partial charge in [-0.25, -0.2) is 0 Å². The Bertz CT molecular complexity index is 467. The van der Waals surface area contributed by atoms with E-state index in [4.69, 9.17) is 11.6 Å². The minimum absolute atomic E-state index is 0.333. The zero-order valence-corrected chi connectivity index (χ0v) is 12.1. The van der Waals surface area contributed by atoms with Crippen LogP contribution in [0.3, 0.4) is 0 Å². The monoisotopic (exact) mass is 280 g/mol. The molecular weight excluding hydrogens is 260 g/mol. The summed E-state index contributed by atoms with van der Waals surface area (Å²) in [6.07, 6.45) is 2.53. The first-order valence-corrected chi connectivity index (χ1v) is 7.48. The molecule has 0 spiro atoms. The summed E-state index contributed by atoms with van der Waals surface area (Å²) >= 11 is 6.19. The van der Waals surface area contributed by atoms with Gasteiger partial charge in [0.1, 0.15) is 5.75 Å². The molecule has 3 nitrogen and oxygen atoms in total. The number of aryl methyl sites for hydroxylation is 1. The summed E-state index contributed by atoms with van der Waals surface area (Å²) in [4.78, 5) is 2.50. The summed E-state index contributed by atoms with van der Waals surface area (Å²) in [6, 6.07) is 4.12. The molecule has 1 aromatic carbocycles. The first kappa shape index (κ1) is 13.2. The van der Waals surface area contributed by atoms with Crippen LogP contribution >= 0.6 is 11.6 Å². The summed E-state index contributed by atoms with van der Waals surface area (Å²) in [5.41, 5.74) is 1.90. The van der Waals surface area contributed by atoms with Gasteiger partial charge >= 0.3 is 0 Å². The highest BCUT2D eigenvalue weighted by atomic mass is 35.5. The minimum Gasteiger partial charge on any atom is -0.507 e. The largest absolute Gasteiger partial charge is 0.507 e. The Morgan fingerprint density at radius 3 is 2.63 bits per heavy atom. The van der Waals surface area contributed by atoms with Gasteiger partial charge in [-0.15, -0.1) is 0 Å². The van der Waals surface area contributed by atoms with Crippen molar-refractivity contribution in [2.75, 3.05) is 26.2 Å². The fourth-order valence-electron chi connectivity index (χ4n) is 3.11. The van der Waals surface area contributed by atoms with Crippen molar-refractivity contribution < 1.29 is 5.11 Å². The molecule has 4 heteroatoms. The molecule has 0 unspecified atom stereocenters. The van der Waals surface area contributed by atoms with Crippen molar-refractivity contribution in [2.45, 2.75) is 25.8 Å². The van der Waals surface area contributed by atoms with E-state index in [-0.39, 0.29) is 0 Å². The molecule has 1 atom stereocenters. The van der Waals surface area contributed by atoms with Crippen molar-refractivity contribution in [1.29, 1.82) is 0 Å². The van der Waals surface area contributed by atoms with Crippen LogP contribution in [0.4, 0.5) is 0 Å². The number of piperazine rings is 1.